The van der Waals surface area contributed by atoms with Crippen molar-refractivity contribution in [3.05, 3.63) is 30.3 Å². The number of nitrogens with zero attached hydrogens (tertiary/aromatic N) is 1. The first-order valence-corrected chi connectivity index (χ1v) is 9.00. The van der Waals surface area contributed by atoms with E-state index in [-0.39, 0.29) is 18.5 Å². The van der Waals surface area contributed by atoms with Crippen LogP contribution >= 0.6 is 0 Å². The molecule has 0 bridgehead atoms. The monoisotopic (exact) mass is 325 g/mol. The lowest BCUT2D eigenvalue weighted by Gasteiger charge is -2.30. The number of carbonyl (C=O) groups is 1. The fraction of sp³-hybridized carbons (Fsp3) is 0.533. The van der Waals surface area contributed by atoms with E-state index in [0.717, 1.165) is 32.1 Å². The smallest absolute Gasteiger partial charge is 0.279 e. The van der Waals surface area contributed by atoms with Gasteiger partial charge in [-0.15, -0.1) is 0 Å². The Bertz CT molecular complexity index is 583. The van der Waals surface area contributed by atoms with Gasteiger partial charge in [-0.3, -0.25) is 4.79 Å². The van der Waals surface area contributed by atoms with Gasteiger partial charge in [0.2, 0.25) is 5.91 Å². The van der Waals surface area contributed by atoms with Gasteiger partial charge in [0.05, 0.1) is 6.54 Å². The molecule has 0 atom stereocenters. The maximum atomic E-state index is 12.2. The molecule has 122 valence electrons. The first kappa shape index (κ1) is 16.9. The Morgan fingerprint density at radius 2 is 1.82 bits per heavy atom. The third kappa shape index (κ3) is 4.79. The van der Waals surface area contributed by atoms with Gasteiger partial charge in [0.25, 0.3) is 10.2 Å². The van der Waals surface area contributed by atoms with Crippen LogP contribution in [0.15, 0.2) is 30.3 Å². The van der Waals surface area contributed by atoms with Crippen molar-refractivity contribution in [3.8, 4) is 0 Å². The second kappa shape index (κ2) is 7.71. The number of rotatable bonds is 6. The van der Waals surface area contributed by atoms with Crippen LogP contribution in [0.2, 0.25) is 0 Å². The maximum absolute atomic E-state index is 12.2. The van der Waals surface area contributed by atoms with Crippen molar-refractivity contribution in [1.82, 2.24) is 9.03 Å². The second-order valence-electron chi connectivity index (χ2n) is 5.55. The summed E-state index contributed by atoms with van der Waals surface area (Å²) in [5.74, 6) is -0.383. The molecule has 0 radical (unpaired) electrons. The van der Waals surface area contributed by atoms with Gasteiger partial charge in [0.15, 0.2) is 0 Å². The quantitative estimate of drug-likeness (QED) is 0.836. The highest BCUT2D eigenvalue weighted by Crippen LogP contribution is 2.22. The van der Waals surface area contributed by atoms with E-state index in [1.807, 2.05) is 6.07 Å². The van der Waals surface area contributed by atoms with Crippen molar-refractivity contribution < 1.29 is 13.2 Å². The number of nitrogens with one attached hydrogen (secondary N) is 2. The Morgan fingerprint density at radius 1 is 1.18 bits per heavy atom. The standard InChI is InChI=1S/C15H23N3O3S/c1-18(14-10-6-3-7-11-14)22(20,21)16-12-15(19)17-13-8-4-2-5-9-13/h2,4-5,8-9,14,16H,3,6-7,10-12H2,1H3,(H,17,19). The van der Waals surface area contributed by atoms with Crippen LogP contribution < -0.4 is 10.0 Å². The summed E-state index contributed by atoms with van der Waals surface area (Å²) in [4.78, 5) is 11.8. The van der Waals surface area contributed by atoms with Gasteiger partial charge in [0, 0.05) is 18.8 Å². The van der Waals surface area contributed by atoms with Gasteiger partial charge >= 0.3 is 0 Å². The Morgan fingerprint density at radius 3 is 2.45 bits per heavy atom. The minimum absolute atomic E-state index is 0.0310. The Kier molecular flexibility index (Phi) is 5.93. The number of hydrogen-bond donors (Lipinski definition) is 2. The fourth-order valence-electron chi connectivity index (χ4n) is 2.63. The Balaban J connectivity index is 1.84. The topological polar surface area (TPSA) is 78.5 Å². The number of anilines is 1. The third-order valence-corrected chi connectivity index (χ3v) is 5.51. The number of hydrogen-bond acceptors (Lipinski definition) is 3. The highest BCUT2D eigenvalue weighted by Gasteiger charge is 2.27. The predicted octanol–water partition coefficient (Wildman–Crippen LogP) is 1.72. The summed E-state index contributed by atoms with van der Waals surface area (Å²) in [6.07, 6.45) is 5.04. The number of benzene rings is 1. The van der Waals surface area contributed by atoms with Crippen LogP contribution in [0.25, 0.3) is 0 Å². The Labute approximate surface area is 132 Å². The summed E-state index contributed by atoms with van der Waals surface area (Å²) in [5.41, 5.74) is 0.646. The van der Waals surface area contributed by atoms with Gasteiger partial charge < -0.3 is 5.32 Å². The van der Waals surface area contributed by atoms with Crippen LogP contribution in [0.3, 0.4) is 0 Å². The molecule has 0 spiro atoms. The molecule has 0 heterocycles. The van der Waals surface area contributed by atoms with Gasteiger partial charge in [-0.25, -0.2) is 0 Å². The summed E-state index contributed by atoms with van der Waals surface area (Å²) >= 11 is 0. The number of amides is 1. The van der Waals surface area contributed by atoms with Crippen molar-refractivity contribution in [2.24, 2.45) is 0 Å². The molecule has 0 aromatic heterocycles. The van der Waals surface area contributed by atoms with Crippen molar-refractivity contribution in [2.75, 3.05) is 18.9 Å². The third-order valence-electron chi connectivity index (χ3n) is 3.94. The van der Waals surface area contributed by atoms with E-state index in [1.54, 1.807) is 31.3 Å². The van der Waals surface area contributed by atoms with Crippen molar-refractivity contribution >= 4 is 21.8 Å². The van der Waals surface area contributed by atoms with Crippen LogP contribution in [-0.2, 0) is 15.0 Å². The zero-order valence-corrected chi connectivity index (χ0v) is 13.6. The molecule has 2 N–H and O–H groups in total. The van der Waals surface area contributed by atoms with Crippen molar-refractivity contribution in [1.29, 1.82) is 0 Å². The molecule has 6 nitrogen and oxygen atoms in total. The fourth-order valence-corrected chi connectivity index (χ4v) is 3.75. The molecule has 22 heavy (non-hydrogen) atoms. The van der Waals surface area contributed by atoms with E-state index in [1.165, 1.54) is 4.31 Å². The first-order chi connectivity index (χ1) is 10.5. The van der Waals surface area contributed by atoms with Gasteiger partial charge in [-0.05, 0) is 25.0 Å². The maximum Gasteiger partial charge on any atom is 0.279 e. The largest absolute Gasteiger partial charge is 0.325 e. The molecule has 1 saturated carbocycles. The molecule has 2 rings (SSSR count). The lowest BCUT2D eigenvalue weighted by molar-refractivity contribution is -0.115. The second-order valence-corrected chi connectivity index (χ2v) is 7.36. The SMILES string of the molecule is CN(C1CCCCC1)S(=O)(=O)NCC(=O)Nc1ccccc1. The molecule has 1 aliphatic carbocycles. The molecule has 1 aromatic carbocycles. The summed E-state index contributed by atoms with van der Waals surface area (Å²) < 4.78 is 28.2. The van der Waals surface area contributed by atoms with Crippen molar-refractivity contribution in [2.45, 2.75) is 38.1 Å². The van der Waals surface area contributed by atoms with Gasteiger partial charge in [-0.1, -0.05) is 37.5 Å². The molecule has 0 aliphatic heterocycles. The number of carbonyl (C=O) groups excluding carboxylic acids is 1. The summed E-state index contributed by atoms with van der Waals surface area (Å²) in [7, 11) is -2.05. The van der Waals surface area contributed by atoms with Gasteiger partial charge in [0.1, 0.15) is 0 Å². The number of para-hydroxylation sites is 1. The van der Waals surface area contributed by atoms with E-state index in [2.05, 4.69) is 10.0 Å². The lowest BCUT2D eigenvalue weighted by Crippen LogP contribution is -2.46. The Hall–Kier alpha value is -1.44. The van der Waals surface area contributed by atoms with Crippen molar-refractivity contribution in [3.63, 3.8) is 0 Å². The normalized spacial score (nSPS) is 16.6. The molecule has 0 saturated heterocycles. The molecule has 1 aromatic rings. The molecule has 0 unspecified atom stereocenters. The molecule has 7 heteroatoms. The van der Waals surface area contributed by atoms with Crippen LogP contribution in [-0.4, -0.2) is 38.3 Å². The highest BCUT2D eigenvalue weighted by molar-refractivity contribution is 7.87. The molecular weight excluding hydrogens is 302 g/mol. The molecule has 1 aliphatic rings. The minimum atomic E-state index is -3.62. The van der Waals surface area contributed by atoms with E-state index in [9.17, 15) is 13.2 Å². The predicted molar refractivity (Wildman–Crippen MR) is 86.6 cm³/mol. The van der Waals surface area contributed by atoms with Crippen LogP contribution in [0.5, 0.6) is 0 Å². The first-order valence-electron chi connectivity index (χ1n) is 7.56. The zero-order chi connectivity index (χ0) is 16.0. The minimum Gasteiger partial charge on any atom is -0.325 e. The molecule has 1 amide bonds. The summed E-state index contributed by atoms with van der Waals surface area (Å²) in [6.45, 7) is -0.270. The van der Waals surface area contributed by atoms with E-state index < -0.39 is 10.2 Å². The average molecular weight is 325 g/mol. The summed E-state index contributed by atoms with van der Waals surface area (Å²) in [6, 6.07) is 8.98. The van der Waals surface area contributed by atoms with E-state index >= 15 is 0 Å². The molecular formula is C15H23N3O3S. The zero-order valence-electron chi connectivity index (χ0n) is 12.8. The summed E-state index contributed by atoms with van der Waals surface area (Å²) in [5, 5.41) is 2.65. The van der Waals surface area contributed by atoms with E-state index in [0.29, 0.717) is 5.69 Å². The molecule has 1 fully saturated rings. The van der Waals surface area contributed by atoms with Crippen LogP contribution in [0.4, 0.5) is 5.69 Å². The van der Waals surface area contributed by atoms with Gasteiger partial charge in [-0.2, -0.15) is 17.4 Å². The average Bonchev–Trinajstić information content (AvgIpc) is 2.54. The van der Waals surface area contributed by atoms with Crippen LogP contribution in [0.1, 0.15) is 32.1 Å². The highest BCUT2D eigenvalue weighted by atomic mass is 32.2. The lowest BCUT2D eigenvalue weighted by atomic mass is 9.96. The van der Waals surface area contributed by atoms with Crippen LogP contribution in [0, 0.1) is 0 Å². The van der Waals surface area contributed by atoms with E-state index in [4.69, 9.17) is 0 Å².